The molecule has 6 nitrogen and oxygen atoms in total. The Labute approximate surface area is 148 Å². The van der Waals surface area contributed by atoms with Crippen LogP contribution in [0, 0.1) is 6.92 Å². The van der Waals surface area contributed by atoms with Crippen LogP contribution in [0.4, 0.5) is 17.5 Å². The molecule has 0 N–H and O–H groups in total. The number of aromatic nitrogens is 2. The number of amides is 1. The standard InChI is InChI=1S/C19H23N5O/c1-14-11-18(23-9-7-22(13-25)8-10-23)21-19(20-14)24-15(2)12-16-5-3-4-6-17(16)24/h3-6,11,13,15H,7-10,12H2,1-2H3. The maximum atomic E-state index is 10.9. The van der Waals surface area contributed by atoms with Gasteiger partial charge in [0.2, 0.25) is 12.4 Å². The molecule has 0 spiro atoms. The molecule has 0 saturated carbocycles. The number of carbonyl (C=O) groups is 1. The van der Waals surface area contributed by atoms with Crippen molar-refractivity contribution in [2.75, 3.05) is 36.0 Å². The minimum absolute atomic E-state index is 0.346. The van der Waals surface area contributed by atoms with Crippen LogP contribution in [0.5, 0.6) is 0 Å². The first-order valence-corrected chi connectivity index (χ1v) is 8.83. The summed E-state index contributed by atoms with van der Waals surface area (Å²) in [6.07, 6.45) is 1.94. The minimum atomic E-state index is 0.346. The van der Waals surface area contributed by atoms with Crippen LogP contribution in [-0.4, -0.2) is 53.5 Å². The number of hydrogen-bond acceptors (Lipinski definition) is 5. The van der Waals surface area contributed by atoms with E-state index < -0.39 is 0 Å². The van der Waals surface area contributed by atoms with E-state index in [2.05, 4.69) is 41.0 Å². The zero-order chi connectivity index (χ0) is 17.4. The van der Waals surface area contributed by atoms with E-state index >= 15 is 0 Å². The molecule has 6 heteroatoms. The van der Waals surface area contributed by atoms with Crippen molar-refractivity contribution < 1.29 is 4.79 Å². The first-order chi connectivity index (χ1) is 12.2. The fourth-order valence-corrected chi connectivity index (χ4v) is 3.73. The quantitative estimate of drug-likeness (QED) is 0.803. The zero-order valence-corrected chi connectivity index (χ0v) is 14.7. The summed E-state index contributed by atoms with van der Waals surface area (Å²) in [6.45, 7) is 7.33. The van der Waals surface area contributed by atoms with Gasteiger partial charge in [-0.2, -0.15) is 4.98 Å². The highest BCUT2D eigenvalue weighted by atomic mass is 16.1. The molecule has 1 saturated heterocycles. The predicted octanol–water partition coefficient (Wildman–Crippen LogP) is 2.15. The lowest BCUT2D eigenvalue weighted by atomic mass is 10.1. The van der Waals surface area contributed by atoms with E-state index in [4.69, 9.17) is 9.97 Å². The van der Waals surface area contributed by atoms with Crippen molar-refractivity contribution in [1.29, 1.82) is 0 Å². The van der Waals surface area contributed by atoms with Crippen LogP contribution in [-0.2, 0) is 11.2 Å². The molecule has 2 aromatic rings. The number of rotatable bonds is 3. The zero-order valence-electron chi connectivity index (χ0n) is 14.7. The second kappa shape index (κ2) is 6.35. The highest BCUT2D eigenvalue weighted by molar-refractivity contribution is 5.68. The van der Waals surface area contributed by atoms with Gasteiger partial charge in [-0.3, -0.25) is 4.79 Å². The van der Waals surface area contributed by atoms with Gasteiger partial charge >= 0.3 is 0 Å². The molecule has 0 aliphatic carbocycles. The van der Waals surface area contributed by atoms with Crippen molar-refractivity contribution in [3.8, 4) is 0 Å². The minimum Gasteiger partial charge on any atom is -0.353 e. The number of piperazine rings is 1. The van der Waals surface area contributed by atoms with E-state index in [0.29, 0.717) is 6.04 Å². The highest BCUT2D eigenvalue weighted by Gasteiger charge is 2.29. The van der Waals surface area contributed by atoms with E-state index in [1.165, 1.54) is 11.3 Å². The number of aryl methyl sites for hydroxylation is 1. The van der Waals surface area contributed by atoms with E-state index in [1.807, 2.05) is 17.9 Å². The van der Waals surface area contributed by atoms with Gasteiger partial charge in [0.05, 0.1) is 0 Å². The number of fused-ring (bicyclic) bond motifs is 1. The van der Waals surface area contributed by atoms with Gasteiger partial charge in [-0.1, -0.05) is 18.2 Å². The van der Waals surface area contributed by atoms with Gasteiger partial charge in [-0.15, -0.1) is 0 Å². The van der Waals surface area contributed by atoms with Crippen LogP contribution in [0.1, 0.15) is 18.2 Å². The van der Waals surface area contributed by atoms with Crippen LogP contribution in [0.15, 0.2) is 30.3 Å². The van der Waals surface area contributed by atoms with Crippen molar-refractivity contribution in [3.05, 3.63) is 41.6 Å². The van der Waals surface area contributed by atoms with E-state index in [-0.39, 0.29) is 0 Å². The Hall–Kier alpha value is -2.63. The van der Waals surface area contributed by atoms with Crippen molar-refractivity contribution in [2.24, 2.45) is 0 Å². The Morgan fingerprint density at radius 2 is 1.88 bits per heavy atom. The third-order valence-corrected chi connectivity index (χ3v) is 5.04. The lowest BCUT2D eigenvalue weighted by Gasteiger charge is -2.34. The second-order valence-electron chi connectivity index (χ2n) is 6.85. The molecule has 0 bridgehead atoms. The Bertz CT molecular complexity index is 785. The van der Waals surface area contributed by atoms with Crippen molar-refractivity contribution in [3.63, 3.8) is 0 Å². The average molecular weight is 337 g/mol. The largest absolute Gasteiger partial charge is 0.353 e. The smallest absolute Gasteiger partial charge is 0.232 e. The topological polar surface area (TPSA) is 52.6 Å². The van der Waals surface area contributed by atoms with Gasteiger partial charge in [0, 0.05) is 49.7 Å². The molecule has 130 valence electrons. The molecule has 1 aromatic heterocycles. The van der Waals surface area contributed by atoms with Crippen LogP contribution in [0.2, 0.25) is 0 Å². The molecule has 0 radical (unpaired) electrons. The molecule has 1 unspecified atom stereocenters. The number of carbonyl (C=O) groups excluding carboxylic acids is 1. The maximum Gasteiger partial charge on any atom is 0.232 e. The van der Waals surface area contributed by atoms with Gasteiger partial charge < -0.3 is 14.7 Å². The number of nitrogens with zero attached hydrogens (tertiary/aromatic N) is 5. The SMILES string of the molecule is Cc1cc(N2CCN(C=O)CC2)nc(N2c3ccccc3CC2C)n1. The van der Waals surface area contributed by atoms with Crippen molar-refractivity contribution in [2.45, 2.75) is 26.3 Å². The number of hydrogen-bond donors (Lipinski definition) is 0. The fraction of sp³-hybridized carbons (Fsp3) is 0.421. The Morgan fingerprint density at radius 1 is 1.12 bits per heavy atom. The molecule has 1 aromatic carbocycles. The van der Waals surface area contributed by atoms with Gasteiger partial charge in [-0.05, 0) is 31.9 Å². The second-order valence-corrected chi connectivity index (χ2v) is 6.85. The summed E-state index contributed by atoms with van der Waals surface area (Å²) in [7, 11) is 0. The maximum absolute atomic E-state index is 10.9. The summed E-state index contributed by atoms with van der Waals surface area (Å²) in [5.41, 5.74) is 3.52. The van der Waals surface area contributed by atoms with Crippen LogP contribution >= 0.6 is 0 Å². The fourth-order valence-electron chi connectivity index (χ4n) is 3.73. The summed E-state index contributed by atoms with van der Waals surface area (Å²) < 4.78 is 0. The molecule has 1 amide bonds. The van der Waals surface area contributed by atoms with Crippen LogP contribution in [0.3, 0.4) is 0 Å². The lowest BCUT2D eigenvalue weighted by Crippen LogP contribution is -2.46. The van der Waals surface area contributed by atoms with E-state index in [9.17, 15) is 4.79 Å². The Morgan fingerprint density at radius 3 is 2.64 bits per heavy atom. The van der Waals surface area contributed by atoms with Crippen LogP contribution in [0.25, 0.3) is 0 Å². The van der Waals surface area contributed by atoms with E-state index in [1.54, 1.807) is 0 Å². The molecular weight excluding hydrogens is 314 g/mol. The molecular formula is C19H23N5O. The summed E-state index contributed by atoms with van der Waals surface area (Å²) in [6, 6.07) is 10.9. The van der Waals surface area contributed by atoms with Gasteiger partial charge in [0.25, 0.3) is 0 Å². The molecule has 1 fully saturated rings. The lowest BCUT2D eigenvalue weighted by molar-refractivity contribution is -0.118. The molecule has 2 aliphatic rings. The third-order valence-electron chi connectivity index (χ3n) is 5.04. The summed E-state index contributed by atoms with van der Waals surface area (Å²) >= 11 is 0. The number of benzene rings is 1. The van der Waals surface area contributed by atoms with Crippen molar-refractivity contribution in [1.82, 2.24) is 14.9 Å². The Kier molecular flexibility index (Phi) is 4.03. The van der Waals surface area contributed by atoms with E-state index in [0.717, 1.165) is 56.5 Å². The first kappa shape index (κ1) is 15.9. The molecule has 4 rings (SSSR count). The van der Waals surface area contributed by atoms with Crippen LogP contribution < -0.4 is 9.80 Å². The number of anilines is 3. The van der Waals surface area contributed by atoms with Gasteiger partial charge in [0.15, 0.2) is 0 Å². The monoisotopic (exact) mass is 337 g/mol. The summed E-state index contributed by atoms with van der Waals surface area (Å²) in [5.74, 6) is 1.72. The first-order valence-electron chi connectivity index (χ1n) is 8.83. The predicted molar refractivity (Wildman–Crippen MR) is 98.4 cm³/mol. The summed E-state index contributed by atoms with van der Waals surface area (Å²) in [5, 5.41) is 0. The molecule has 3 heterocycles. The summed E-state index contributed by atoms with van der Waals surface area (Å²) in [4.78, 5) is 26.8. The highest BCUT2D eigenvalue weighted by Crippen LogP contribution is 2.37. The molecule has 25 heavy (non-hydrogen) atoms. The normalized spacial score (nSPS) is 19.9. The molecule has 1 atom stereocenters. The van der Waals surface area contributed by atoms with Crippen molar-refractivity contribution >= 4 is 23.9 Å². The average Bonchev–Trinajstić information content (AvgIpc) is 2.97. The van der Waals surface area contributed by atoms with Gasteiger partial charge in [0.1, 0.15) is 5.82 Å². The van der Waals surface area contributed by atoms with Gasteiger partial charge in [-0.25, -0.2) is 4.98 Å². The number of para-hydroxylation sites is 1. The molecule has 2 aliphatic heterocycles. The third kappa shape index (κ3) is 2.92. The Balaban J connectivity index is 1.66.